The number of aliphatic carboxylic acids is 2. The number of alkyl carbamates (subject to hydrolysis) is 1. The number of hydrogen-bond donors (Lipinski definition) is 3. The van der Waals surface area contributed by atoms with Gasteiger partial charge in [0.1, 0.15) is 5.60 Å². The number of piperidine rings is 1. The van der Waals surface area contributed by atoms with Gasteiger partial charge in [-0.05, 0) is 65.3 Å². The SMILES string of the molecule is COC(=O)C1CCN(CC[C@H](CSc2ccccc2)NC(=O)OC(C)(C)C)CC1.O=C(O)C(=O)O. The lowest BCUT2D eigenvalue weighted by Gasteiger charge is -2.32. The first-order valence-electron chi connectivity index (χ1n) is 11.3. The highest BCUT2D eigenvalue weighted by molar-refractivity contribution is 7.99. The van der Waals surface area contributed by atoms with Crippen molar-refractivity contribution >= 4 is 35.8 Å². The number of nitrogens with one attached hydrogen (secondary N) is 1. The lowest BCUT2D eigenvalue weighted by atomic mass is 9.97. The highest BCUT2D eigenvalue weighted by atomic mass is 32.2. The minimum Gasteiger partial charge on any atom is -0.473 e. The Morgan fingerprint density at radius 2 is 1.66 bits per heavy atom. The van der Waals surface area contributed by atoms with E-state index >= 15 is 0 Å². The Bertz CT molecular complexity index is 809. The summed E-state index contributed by atoms with van der Waals surface area (Å²) in [6, 6.07) is 10.2. The molecule has 1 amide bonds. The molecule has 11 heteroatoms. The van der Waals surface area contributed by atoms with Gasteiger partial charge in [0.15, 0.2) is 0 Å². The Labute approximate surface area is 210 Å². The van der Waals surface area contributed by atoms with Gasteiger partial charge in [-0.3, -0.25) is 4.79 Å². The molecule has 3 N–H and O–H groups in total. The molecule has 196 valence electrons. The van der Waals surface area contributed by atoms with E-state index in [0.717, 1.165) is 44.6 Å². The summed E-state index contributed by atoms with van der Waals surface area (Å²) in [5.74, 6) is -2.96. The number of benzene rings is 1. The third-order valence-electron chi connectivity index (χ3n) is 5.01. The minimum absolute atomic E-state index is 0.00777. The summed E-state index contributed by atoms with van der Waals surface area (Å²) in [4.78, 5) is 45.7. The summed E-state index contributed by atoms with van der Waals surface area (Å²) in [6.45, 7) is 8.24. The van der Waals surface area contributed by atoms with Crippen molar-refractivity contribution in [3.63, 3.8) is 0 Å². The number of carbonyl (C=O) groups is 4. The number of likely N-dealkylation sites (tertiary alicyclic amines) is 1. The first-order chi connectivity index (χ1) is 16.4. The van der Waals surface area contributed by atoms with Crippen LogP contribution in [0.2, 0.25) is 0 Å². The molecule has 1 saturated heterocycles. The zero-order valence-corrected chi connectivity index (χ0v) is 21.5. The van der Waals surface area contributed by atoms with Gasteiger partial charge in [-0.15, -0.1) is 11.8 Å². The van der Waals surface area contributed by atoms with Crippen molar-refractivity contribution in [1.29, 1.82) is 0 Å². The van der Waals surface area contributed by atoms with Crippen molar-refractivity contribution in [2.45, 2.75) is 56.6 Å². The number of esters is 1. The zero-order valence-electron chi connectivity index (χ0n) is 20.7. The molecule has 0 aliphatic carbocycles. The maximum Gasteiger partial charge on any atom is 0.414 e. The maximum absolute atomic E-state index is 12.3. The number of carbonyl (C=O) groups excluding carboxylic acids is 2. The molecule has 0 aromatic heterocycles. The van der Waals surface area contributed by atoms with Crippen LogP contribution in [0.1, 0.15) is 40.0 Å². The molecule has 1 aliphatic heterocycles. The van der Waals surface area contributed by atoms with Crippen molar-refractivity contribution < 1.29 is 38.9 Å². The number of amides is 1. The average molecular weight is 513 g/mol. The first-order valence-corrected chi connectivity index (χ1v) is 12.3. The van der Waals surface area contributed by atoms with Crippen LogP contribution in [0.5, 0.6) is 0 Å². The summed E-state index contributed by atoms with van der Waals surface area (Å²) in [5, 5.41) is 17.8. The molecule has 0 unspecified atom stereocenters. The Hall–Kier alpha value is -2.79. The van der Waals surface area contributed by atoms with Crippen LogP contribution in [0.3, 0.4) is 0 Å². The van der Waals surface area contributed by atoms with E-state index in [2.05, 4.69) is 22.3 Å². The summed E-state index contributed by atoms with van der Waals surface area (Å²) < 4.78 is 10.3. The number of carboxylic acids is 2. The molecule has 1 aromatic carbocycles. The minimum atomic E-state index is -1.82. The van der Waals surface area contributed by atoms with Gasteiger partial charge in [0.05, 0.1) is 13.0 Å². The largest absolute Gasteiger partial charge is 0.473 e. The van der Waals surface area contributed by atoms with Crippen molar-refractivity contribution in [3.8, 4) is 0 Å². The van der Waals surface area contributed by atoms with Crippen LogP contribution < -0.4 is 5.32 Å². The fraction of sp³-hybridized carbons (Fsp3) is 0.583. The van der Waals surface area contributed by atoms with Crippen LogP contribution in [0.25, 0.3) is 0 Å². The van der Waals surface area contributed by atoms with Gasteiger partial charge >= 0.3 is 24.0 Å². The molecule has 0 spiro atoms. The van der Waals surface area contributed by atoms with Crippen LogP contribution >= 0.6 is 11.8 Å². The highest BCUT2D eigenvalue weighted by Crippen LogP contribution is 2.21. The molecule has 1 aromatic rings. The van der Waals surface area contributed by atoms with Gasteiger partial charge in [0.2, 0.25) is 0 Å². The van der Waals surface area contributed by atoms with Gasteiger partial charge in [0.25, 0.3) is 0 Å². The van der Waals surface area contributed by atoms with Gasteiger partial charge < -0.3 is 29.9 Å². The van der Waals surface area contributed by atoms with Crippen LogP contribution in [-0.4, -0.2) is 83.3 Å². The van der Waals surface area contributed by atoms with Crippen LogP contribution in [-0.2, 0) is 23.9 Å². The molecule has 0 bridgehead atoms. The number of methoxy groups -OCH3 is 1. The molecule has 1 atom stereocenters. The van der Waals surface area contributed by atoms with E-state index in [-0.39, 0.29) is 24.0 Å². The van der Waals surface area contributed by atoms with Gasteiger partial charge in [-0.25, -0.2) is 14.4 Å². The summed E-state index contributed by atoms with van der Waals surface area (Å²) >= 11 is 1.73. The molecule has 1 aliphatic rings. The molecular weight excluding hydrogens is 476 g/mol. The van der Waals surface area contributed by atoms with Gasteiger partial charge in [-0.1, -0.05) is 18.2 Å². The molecule has 10 nitrogen and oxygen atoms in total. The second kappa shape index (κ2) is 15.3. The fourth-order valence-corrected chi connectivity index (χ4v) is 4.28. The third-order valence-corrected chi connectivity index (χ3v) is 6.19. The highest BCUT2D eigenvalue weighted by Gasteiger charge is 2.26. The Morgan fingerprint density at radius 1 is 1.09 bits per heavy atom. The summed E-state index contributed by atoms with van der Waals surface area (Å²) in [5.41, 5.74) is -0.517. The van der Waals surface area contributed by atoms with E-state index in [0.29, 0.717) is 0 Å². The lowest BCUT2D eigenvalue weighted by Crippen LogP contribution is -2.43. The Kier molecular flexibility index (Phi) is 13.2. The fourth-order valence-electron chi connectivity index (χ4n) is 3.28. The lowest BCUT2D eigenvalue weighted by molar-refractivity contribution is -0.159. The number of nitrogens with zero attached hydrogens (tertiary/aromatic N) is 1. The third kappa shape index (κ3) is 13.6. The van der Waals surface area contributed by atoms with E-state index in [9.17, 15) is 9.59 Å². The van der Waals surface area contributed by atoms with E-state index in [1.807, 2.05) is 39.0 Å². The average Bonchev–Trinajstić information content (AvgIpc) is 2.80. The number of hydrogen-bond acceptors (Lipinski definition) is 8. The Balaban J connectivity index is 0.000000905. The number of thioether (sulfide) groups is 1. The summed E-state index contributed by atoms with van der Waals surface area (Å²) in [7, 11) is 1.45. The van der Waals surface area contributed by atoms with Gasteiger partial charge in [0, 0.05) is 23.2 Å². The first kappa shape index (κ1) is 30.2. The quantitative estimate of drug-likeness (QED) is 0.270. The molecule has 0 saturated carbocycles. The Morgan fingerprint density at radius 3 is 2.14 bits per heavy atom. The number of rotatable bonds is 8. The van der Waals surface area contributed by atoms with Gasteiger partial charge in [-0.2, -0.15) is 0 Å². The molecule has 2 rings (SSSR count). The summed E-state index contributed by atoms with van der Waals surface area (Å²) in [6.07, 6.45) is 2.12. The predicted octanol–water partition coefficient (Wildman–Crippen LogP) is 3.10. The van der Waals surface area contributed by atoms with Crippen molar-refractivity contribution in [2.75, 3.05) is 32.5 Å². The molecule has 35 heavy (non-hydrogen) atoms. The van der Waals surface area contributed by atoms with Crippen LogP contribution in [0.15, 0.2) is 35.2 Å². The predicted molar refractivity (Wildman–Crippen MR) is 131 cm³/mol. The number of carboxylic acid groups (broad SMARTS) is 2. The van der Waals surface area contributed by atoms with Crippen LogP contribution in [0, 0.1) is 5.92 Å². The van der Waals surface area contributed by atoms with E-state index in [1.54, 1.807) is 11.8 Å². The number of ether oxygens (including phenoxy) is 2. The smallest absolute Gasteiger partial charge is 0.414 e. The second-order valence-electron chi connectivity index (χ2n) is 9.01. The van der Waals surface area contributed by atoms with E-state index in [1.165, 1.54) is 12.0 Å². The topological polar surface area (TPSA) is 142 Å². The van der Waals surface area contributed by atoms with Crippen molar-refractivity contribution in [1.82, 2.24) is 10.2 Å². The monoisotopic (exact) mass is 512 g/mol. The van der Waals surface area contributed by atoms with Crippen molar-refractivity contribution in [2.24, 2.45) is 5.92 Å². The van der Waals surface area contributed by atoms with E-state index in [4.69, 9.17) is 29.3 Å². The zero-order chi connectivity index (χ0) is 26.4. The van der Waals surface area contributed by atoms with Crippen molar-refractivity contribution in [3.05, 3.63) is 30.3 Å². The second-order valence-corrected chi connectivity index (χ2v) is 10.1. The maximum atomic E-state index is 12.3. The normalized spacial score (nSPS) is 15.2. The standard InChI is InChI=1S/C22H34N2O4S.C2H2O4/c1-22(2,3)28-21(26)23-18(16-29-19-8-6-5-7-9-19)12-15-24-13-10-17(11-14-24)20(25)27-4;3-1(4)2(5)6/h5-9,17-18H,10-16H2,1-4H3,(H,23,26);(H,3,4)(H,5,6)/t18-;/m1./s1. The molecular formula is C24H36N2O8S. The van der Waals surface area contributed by atoms with E-state index < -0.39 is 17.5 Å². The molecule has 0 radical (unpaired) electrons. The molecule has 1 heterocycles. The molecule has 1 fully saturated rings. The van der Waals surface area contributed by atoms with Crippen LogP contribution in [0.4, 0.5) is 4.79 Å².